The Morgan fingerprint density at radius 1 is 0.875 bits per heavy atom. The van der Waals surface area contributed by atoms with E-state index in [1.165, 1.54) is 14.7 Å². The summed E-state index contributed by atoms with van der Waals surface area (Å²) in [5.74, 6) is 0. The summed E-state index contributed by atoms with van der Waals surface area (Å²) in [6.07, 6.45) is 0. The van der Waals surface area contributed by atoms with Crippen LogP contribution in [-0.4, -0.2) is 0 Å². The molecule has 0 atom stereocenters. The van der Waals surface area contributed by atoms with Crippen LogP contribution in [0.5, 0.6) is 0 Å². The maximum Gasteiger partial charge on any atom is 0.0598 e. The molecule has 0 saturated carbocycles. The molecule has 3 heteroatoms. The minimum atomic E-state index is 0.591. The molecule has 0 aliphatic heterocycles. The molecule has 2 aromatic carbocycles. The maximum absolute atomic E-state index is 6.01. The zero-order valence-electron chi connectivity index (χ0n) is 8.60. The van der Waals surface area contributed by atoms with Crippen LogP contribution in [-0.2, 0) is 0 Å². The van der Waals surface area contributed by atoms with E-state index in [2.05, 4.69) is 47.7 Å². The van der Waals surface area contributed by atoms with Gasteiger partial charge in [0.15, 0.2) is 0 Å². The Labute approximate surface area is 119 Å². The van der Waals surface area contributed by atoms with E-state index >= 15 is 0 Å². The van der Waals surface area contributed by atoms with Gasteiger partial charge in [0.2, 0.25) is 0 Å². The van der Waals surface area contributed by atoms with E-state index in [0.717, 1.165) is 5.56 Å². The van der Waals surface area contributed by atoms with Crippen molar-refractivity contribution in [2.75, 3.05) is 0 Å². The SMILES string of the molecule is Cc1cc(I)cc(-c2ccc(Cl)c(Cl)c2)c1. The Morgan fingerprint density at radius 3 is 2.25 bits per heavy atom. The van der Waals surface area contributed by atoms with Gasteiger partial charge in [0.05, 0.1) is 10.0 Å². The molecule has 0 spiro atoms. The summed E-state index contributed by atoms with van der Waals surface area (Å²) in [4.78, 5) is 0. The van der Waals surface area contributed by atoms with Gasteiger partial charge < -0.3 is 0 Å². The number of aryl methyl sites for hydroxylation is 1. The van der Waals surface area contributed by atoms with Gasteiger partial charge in [-0.05, 0) is 70.5 Å². The number of rotatable bonds is 1. The van der Waals surface area contributed by atoms with Crippen molar-refractivity contribution >= 4 is 45.8 Å². The van der Waals surface area contributed by atoms with Crippen molar-refractivity contribution in [3.05, 3.63) is 55.6 Å². The van der Waals surface area contributed by atoms with Crippen LogP contribution in [0.25, 0.3) is 11.1 Å². The van der Waals surface area contributed by atoms with Gasteiger partial charge in [0.25, 0.3) is 0 Å². The molecule has 0 aromatic heterocycles. The number of halogens is 3. The third-order valence-corrected chi connectivity index (χ3v) is 3.66. The second-order valence-electron chi connectivity index (χ2n) is 3.65. The smallest absolute Gasteiger partial charge is 0.0598 e. The molecule has 0 unspecified atom stereocenters. The van der Waals surface area contributed by atoms with Crippen LogP contribution in [0.2, 0.25) is 10.0 Å². The molecule has 0 aliphatic carbocycles. The normalized spacial score (nSPS) is 10.5. The van der Waals surface area contributed by atoms with Crippen LogP contribution < -0.4 is 0 Å². The second kappa shape index (κ2) is 4.94. The number of hydrogen-bond acceptors (Lipinski definition) is 0. The van der Waals surface area contributed by atoms with Gasteiger partial charge in [-0.15, -0.1) is 0 Å². The van der Waals surface area contributed by atoms with Crippen LogP contribution in [0.3, 0.4) is 0 Å². The first-order chi connectivity index (χ1) is 7.56. The Balaban J connectivity index is 2.54. The highest BCUT2D eigenvalue weighted by atomic mass is 127. The topological polar surface area (TPSA) is 0 Å². The molecule has 0 heterocycles. The first-order valence-corrected chi connectivity index (χ1v) is 6.62. The second-order valence-corrected chi connectivity index (χ2v) is 5.71. The van der Waals surface area contributed by atoms with E-state index in [1.807, 2.05) is 18.2 Å². The van der Waals surface area contributed by atoms with Crippen LogP contribution in [0.15, 0.2) is 36.4 Å². The van der Waals surface area contributed by atoms with Crippen molar-refractivity contribution in [3.63, 3.8) is 0 Å². The van der Waals surface area contributed by atoms with E-state index in [1.54, 1.807) is 0 Å². The van der Waals surface area contributed by atoms with E-state index < -0.39 is 0 Å². The van der Waals surface area contributed by atoms with Gasteiger partial charge in [0.1, 0.15) is 0 Å². The molecule has 2 aromatic rings. The lowest BCUT2D eigenvalue weighted by Gasteiger charge is -2.06. The van der Waals surface area contributed by atoms with E-state index in [9.17, 15) is 0 Å². The van der Waals surface area contributed by atoms with Gasteiger partial charge >= 0.3 is 0 Å². The van der Waals surface area contributed by atoms with Crippen LogP contribution in [0, 0.1) is 10.5 Å². The fourth-order valence-corrected chi connectivity index (χ4v) is 2.70. The average Bonchev–Trinajstić information content (AvgIpc) is 2.20. The standard InChI is InChI=1S/C13H9Cl2I/c1-8-4-10(6-11(16)5-8)9-2-3-12(14)13(15)7-9/h2-7H,1H3. The lowest BCUT2D eigenvalue weighted by molar-refractivity contribution is 1.44. The first-order valence-electron chi connectivity index (χ1n) is 4.79. The third kappa shape index (κ3) is 2.70. The summed E-state index contributed by atoms with van der Waals surface area (Å²) >= 11 is 14.2. The zero-order valence-corrected chi connectivity index (χ0v) is 12.3. The van der Waals surface area contributed by atoms with Gasteiger partial charge in [-0.1, -0.05) is 35.3 Å². The number of benzene rings is 2. The Kier molecular flexibility index (Phi) is 3.77. The van der Waals surface area contributed by atoms with Crippen molar-refractivity contribution in [2.45, 2.75) is 6.92 Å². The molecule has 16 heavy (non-hydrogen) atoms. The quantitative estimate of drug-likeness (QED) is 0.581. The Hall–Kier alpha value is -0.250. The zero-order chi connectivity index (χ0) is 11.7. The average molecular weight is 363 g/mol. The molecule has 2 rings (SSSR count). The summed E-state index contributed by atoms with van der Waals surface area (Å²) in [5.41, 5.74) is 3.51. The summed E-state index contributed by atoms with van der Waals surface area (Å²) in [6, 6.07) is 12.1. The lowest BCUT2D eigenvalue weighted by Crippen LogP contribution is -1.83. The third-order valence-electron chi connectivity index (χ3n) is 2.30. The van der Waals surface area contributed by atoms with Crippen molar-refractivity contribution in [2.24, 2.45) is 0 Å². The van der Waals surface area contributed by atoms with E-state index in [-0.39, 0.29) is 0 Å². The fraction of sp³-hybridized carbons (Fsp3) is 0.0769. The molecule has 0 bridgehead atoms. The molecule has 0 aliphatic rings. The summed E-state index contributed by atoms with van der Waals surface area (Å²) in [7, 11) is 0. The van der Waals surface area contributed by atoms with Gasteiger partial charge in [-0.2, -0.15) is 0 Å². The van der Waals surface area contributed by atoms with Gasteiger partial charge in [0, 0.05) is 3.57 Å². The predicted octanol–water partition coefficient (Wildman–Crippen LogP) is 5.57. The molecule has 0 N–H and O–H groups in total. The lowest BCUT2D eigenvalue weighted by atomic mass is 10.0. The van der Waals surface area contributed by atoms with Crippen LogP contribution >= 0.6 is 45.8 Å². The molecule has 0 amide bonds. The molecule has 0 saturated heterocycles. The van der Waals surface area contributed by atoms with Crippen molar-refractivity contribution in [1.82, 2.24) is 0 Å². The van der Waals surface area contributed by atoms with Crippen LogP contribution in [0.4, 0.5) is 0 Å². The van der Waals surface area contributed by atoms with Gasteiger partial charge in [-0.3, -0.25) is 0 Å². The molecular weight excluding hydrogens is 354 g/mol. The van der Waals surface area contributed by atoms with Crippen molar-refractivity contribution < 1.29 is 0 Å². The minimum absolute atomic E-state index is 0.591. The molecule has 82 valence electrons. The minimum Gasteiger partial charge on any atom is -0.0827 e. The predicted molar refractivity (Wildman–Crippen MR) is 79.4 cm³/mol. The van der Waals surface area contributed by atoms with E-state index in [0.29, 0.717) is 10.0 Å². The molecule has 0 radical (unpaired) electrons. The van der Waals surface area contributed by atoms with Gasteiger partial charge in [-0.25, -0.2) is 0 Å². The van der Waals surface area contributed by atoms with Crippen molar-refractivity contribution in [3.8, 4) is 11.1 Å². The highest BCUT2D eigenvalue weighted by molar-refractivity contribution is 14.1. The van der Waals surface area contributed by atoms with Crippen molar-refractivity contribution in [1.29, 1.82) is 0 Å². The highest BCUT2D eigenvalue weighted by Gasteiger charge is 2.03. The molecule has 0 nitrogen and oxygen atoms in total. The summed E-state index contributed by atoms with van der Waals surface area (Å²) < 4.78 is 1.22. The molecular formula is C13H9Cl2I. The Morgan fingerprint density at radius 2 is 1.62 bits per heavy atom. The molecule has 0 fully saturated rings. The monoisotopic (exact) mass is 362 g/mol. The summed E-state index contributed by atoms with van der Waals surface area (Å²) in [5, 5.41) is 1.18. The summed E-state index contributed by atoms with van der Waals surface area (Å²) in [6.45, 7) is 2.09. The Bertz CT molecular complexity index is 515. The number of hydrogen-bond donors (Lipinski definition) is 0. The maximum atomic E-state index is 6.01. The van der Waals surface area contributed by atoms with E-state index in [4.69, 9.17) is 23.2 Å². The fourth-order valence-electron chi connectivity index (χ4n) is 1.58. The highest BCUT2D eigenvalue weighted by Crippen LogP contribution is 2.29. The van der Waals surface area contributed by atoms with Crippen LogP contribution in [0.1, 0.15) is 5.56 Å². The first kappa shape index (κ1) is 12.2. The largest absolute Gasteiger partial charge is 0.0827 e.